The Morgan fingerprint density at radius 1 is 1.47 bits per heavy atom. The van der Waals surface area contributed by atoms with E-state index in [4.69, 9.17) is 9.84 Å². The first-order valence-corrected chi connectivity index (χ1v) is 6.64. The number of aryl methyl sites for hydroxylation is 1. The molecule has 1 rings (SSSR count). The fourth-order valence-electron chi connectivity index (χ4n) is 1.97. The molecule has 0 saturated heterocycles. The molecule has 1 aromatic rings. The number of hydrogen-bond donors (Lipinski definition) is 2. The molecule has 0 spiro atoms. The van der Waals surface area contributed by atoms with Crippen molar-refractivity contribution in [1.29, 1.82) is 0 Å². The van der Waals surface area contributed by atoms with E-state index in [1.807, 2.05) is 26.0 Å². The van der Waals surface area contributed by atoms with Gasteiger partial charge in [-0.3, -0.25) is 4.79 Å². The fraction of sp³-hybridized carbons (Fsp3) is 0.533. The number of hydrogen-bond acceptors (Lipinski definition) is 3. The number of amides is 1. The van der Waals surface area contributed by atoms with Crippen LogP contribution in [-0.4, -0.2) is 31.3 Å². The van der Waals surface area contributed by atoms with E-state index in [2.05, 4.69) is 11.4 Å². The highest BCUT2D eigenvalue weighted by atomic mass is 16.5. The number of methoxy groups -OCH3 is 1. The molecule has 1 atom stereocenters. The van der Waals surface area contributed by atoms with Gasteiger partial charge in [-0.2, -0.15) is 0 Å². The number of aliphatic hydroxyl groups is 1. The first-order chi connectivity index (χ1) is 9.12. The van der Waals surface area contributed by atoms with Crippen molar-refractivity contribution in [1.82, 2.24) is 5.32 Å². The van der Waals surface area contributed by atoms with E-state index in [0.717, 1.165) is 23.3 Å². The summed E-state index contributed by atoms with van der Waals surface area (Å²) in [6, 6.07) is 6.00. The Balaban J connectivity index is 2.45. The fourth-order valence-corrected chi connectivity index (χ4v) is 1.97. The highest BCUT2D eigenvalue weighted by Gasteiger charge is 2.14. The van der Waals surface area contributed by atoms with Crippen LogP contribution >= 0.6 is 0 Å². The van der Waals surface area contributed by atoms with Crippen molar-refractivity contribution in [3.8, 4) is 5.75 Å². The van der Waals surface area contributed by atoms with Gasteiger partial charge in [0.2, 0.25) is 5.91 Å². The minimum atomic E-state index is -0.294. The van der Waals surface area contributed by atoms with E-state index in [1.165, 1.54) is 0 Å². The average molecular weight is 265 g/mol. The molecule has 0 fully saturated rings. The molecule has 106 valence electrons. The molecule has 2 N–H and O–H groups in total. The lowest BCUT2D eigenvalue weighted by Crippen LogP contribution is -2.33. The van der Waals surface area contributed by atoms with Crippen LogP contribution < -0.4 is 10.1 Å². The SMILES string of the molecule is CCC(CO)C(=O)NCCc1ccc(OC)c(C)c1. The zero-order chi connectivity index (χ0) is 14.3. The zero-order valence-corrected chi connectivity index (χ0v) is 11.9. The van der Waals surface area contributed by atoms with Gasteiger partial charge in [0.05, 0.1) is 19.6 Å². The van der Waals surface area contributed by atoms with E-state index in [1.54, 1.807) is 7.11 Å². The average Bonchev–Trinajstić information content (AvgIpc) is 2.40. The minimum absolute atomic E-state index is 0.0739. The predicted molar refractivity (Wildman–Crippen MR) is 75.3 cm³/mol. The Bertz CT molecular complexity index is 414. The van der Waals surface area contributed by atoms with Crippen LogP contribution in [0.1, 0.15) is 24.5 Å². The van der Waals surface area contributed by atoms with Crippen molar-refractivity contribution in [2.75, 3.05) is 20.3 Å². The number of benzene rings is 1. The lowest BCUT2D eigenvalue weighted by Gasteiger charge is -2.12. The van der Waals surface area contributed by atoms with Crippen LogP contribution in [0.3, 0.4) is 0 Å². The van der Waals surface area contributed by atoms with Gasteiger partial charge in [-0.15, -0.1) is 0 Å². The second kappa shape index (κ2) is 7.79. The van der Waals surface area contributed by atoms with E-state index in [9.17, 15) is 4.79 Å². The smallest absolute Gasteiger partial charge is 0.225 e. The zero-order valence-electron chi connectivity index (χ0n) is 11.9. The van der Waals surface area contributed by atoms with Crippen molar-refractivity contribution in [2.45, 2.75) is 26.7 Å². The molecule has 0 aromatic heterocycles. The van der Waals surface area contributed by atoms with E-state index in [-0.39, 0.29) is 18.4 Å². The van der Waals surface area contributed by atoms with Gasteiger partial charge in [-0.05, 0) is 37.0 Å². The Labute approximate surface area is 114 Å². The normalized spacial score (nSPS) is 12.0. The summed E-state index contributed by atoms with van der Waals surface area (Å²) in [5.41, 5.74) is 2.25. The maximum Gasteiger partial charge on any atom is 0.225 e. The molecule has 19 heavy (non-hydrogen) atoms. The van der Waals surface area contributed by atoms with Crippen LogP contribution in [0.25, 0.3) is 0 Å². The van der Waals surface area contributed by atoms with Crippen LogP contribution in [-0.2, 0) is 11.2 Å². The molecule has 0 aliphatic carbocycles. The molecule has 0 saturated carbocycles. The maximum absolute atomic E-state index is 11.7. The van der Waals surface area contributed by atoms with Gasteiger partial charge in [0.25, 0.3) is 0 Å². The van der Waals surface area contributed by atoms with Crippen LogP contribution in [0.4, 0.5) is 0 Å². The number of carbonyl (C=O) groups is 1. The molecule has 1 aromatic carbocycles. The Kier molecular flexibility index (Phi) is 6.36. The van der Waals surface area contributed by atoms with Crippen molar-refractivity contribution in [3.63, 3.8) is 0 Å². The summed E-state index contributed by atoms with van der Waals surface area (Å²) in [6.07, 6.45) is 1.43. The largest absolute Gasteiger partial charge is 0.496 e. The Hall–Kier alpha value is -1.55. The standard InChI is InChI=1S/C15H23NO3/c1-4-13(10-17)15(18)16-8-7-12-5-6-14(19-3)11(2)9-12/h5-6,9,13,17H,4,7-8,10H2,1-3H3,(H,16,18). The molecule has 1 amide bonds. The molecule has 0 bridgehead atoms. The van der Waals surface area contributed by atoms with Crippen molar-refractivity contribution in [2.24, 2.45) is 5.92 Å². The van der Waals surface area contributed by atoms with E-state index in [0.29, 0.717) is 13.0 Å². The molecular weight excluding hydrogens is 242 g/mol. The first kappa shape index (κ1) is 15.5. The lowest BCUT2D eigenvalue weighted by molar-refractivity contribution is -0.126. The Morgan fingerprint density at radius 3 is 2.74 bits per heavy atom. The van der Waals surface area contributed by atoms with Gasteiger partial charge >= 0.3 is 0 Å². The number of aliphatic hydroxyl groups excluding tert-OH is 1. The summed E-state index contributed by atoms with van der Waals surface area (Å²) in [6.45, 7) is 4.39. The molecule has 1 unspecified atom stereocenters. The molecule has 0 aliphatic heterocycles. The number of carbonyl (C=O) groups excluding carboxylic acids is 1. The molecule has 0 radical (unpaired) electrons. The third kappa shape index (κ3) is 4.56. The third-order valence-electron chi connectivity index (χ3n) is 3.26. The first-order valence-electron chi connectivity index (χ1n) is 6.64. The van der Waals surface area contributed by atoms with Crippen molar-refractivity contribution >= 4 is 5.91 Å². The van der Waals surface area contributed by atoms with Gasteiger partial charge in [-0.1, -0.05) is 19.1 Å². The number of rotatable bonds is 7. The summed E-state index contributed by atoms with van der Waals surface area (Å²) in [5, 5.41) is 11.9. The van der Waals surface area contributed by atoms with Gasteiger partial charge in [0.15, 0.2) is 0 Å². The van der Waals surface area contributed by atoms with Crippen molar-refractivity contribution in [3.05, 3.63) is 29.3 Å². The maximum atomic E-state index is 11.7. The van der Waals surface area contributed by atoms with Crippen molar-refractivity contribution < 1.29 is 14.6 Å². The molecule has 4 nitrogen and oxygen atoms in total. The predicted octanol–water partition coefficient (Wildman–Crippen LogP) is 1.68. The summed E-state index contributed by atoms with van der Waals surface area (Å²) >= 11 is 0. The second-order valence-corrected chi connectivity index (χ2v) is 4.63. The highest BCUT2D eigenvalue weighted by molar-refractivity contribution is 5.78. The van der Waals surface area contributed by atoms with Gasteiger partial charge < -0.3 is 15.2 Å². The number of nitrogens with one attached hydrogen (secondary N) is 1. The van der Waals surface area contributed by atoms with E-state index >= 15 is 0 Å². The van der Waals surface area contributed by atoms with Crippen LogP contribution in [0, 0.1) is 12.8 Å². The summed E-state index contributed by atoms with van der Waals surface area (Å²) in [4.78, 5) is 11.7. The molecule has 0 aliphatic rings. The summed E-state index contributed by atoms with van der Waals surface area (Å²) in [5.74, 6) is 0.506. The van der Waals surface area contributed by atoms with Gasteiger partial charge in [0.1, 0.15) is 5.75 Å². The highest BCUT2D eigenvalue weighted by Crippen LogP contribution is 2.18. The van der Waals surface area contributed by atoms with Gasteiger partial charge in [-0.25, -0.2) is 0 Å². The number of ether oxygens (including phenoxy) is 1. The van der Waals surface area contributed by atoms with Crippen LogP contribution in [0.5, 0.6) is 5.75 Å². The molecule has 4 heteroatoms. The summed E-state index contributed by atoms with van der Waals surface area (Å²) in [7, 11) is 1.65. The second-order valence-electron chi connectivity index (χ2n) is 4.63. The summed E-state index contributed by atoms with van der Waals surface area (Å²) < 4.78 is 5.21. The third-order valence-corrected chi connectivity index (χ3v) is 3.26. The van der Waals surface area contributed by atoms with Crippen LogP contribution in [0.2, 0.25) is 0 Å². The topological polar surface area (TPSA) is 58.6 Å². The quantitative estimate of drug-likeness (QED) is 0.788. The van der Waals surface area contributed by atoms with Gasteiger partial charge in [0, 0.05) is 6.54 Å². The monoisotopic (exact) mass is 265 g/mol. The van der Waals surface area contributed by atoms with Crippen LogP contribution in [0.15, 0.2) is 18.2 Å². The lowest BCUT2D eigenvalue weighted by atomic mass is 10.1. The van der Waals surface area contributed by atoms with E-state index < -0.39 is 0 Å². The Morgan fingerprint density at radius 2 is 2.21 bits per heavy atom. The minimum Gasteiger partial charge on any atom is -0.496 e. The molecule has 0 heterocycles. The molecular formula is C15H23NO3.